The van der Waals surface area contributed by atoms with Crippen LogP contribution in [-0.2, 0) is 14.3 Å². The van der Waals surface area contributed by atoms with Crippen molar-refractivity contribution in [1.29, 1.82) is 0 Å². The molecule has 0 radical (unpaired) electrons. The summed E-state index contributed by atoms with van der Waals surface area (Å²) < 4.78 is 5.41. The van der Waals surface area contributed by atoms with Crippen LogP contribution in [0.15, 0.2) is 0 Å². The largest absolute Gasteiger partial charge is 0.394 e. The highest BCUT2D eigenvalue weighted by Crippen LogP contribution is 2.14. The van der Waals surface area contributed by atoms with Crippen molar-refractivity contribution >= 4 is 11.8 Å². The van der Waals surface area contributed by atoms with E-state index in [4.69, 9.17) is 9.84 Å². The maximum atomic E-state index is 12.0. The number of nitrogens with zero attached hydrogens (tertiary/aromatic N) is 2. The predicted octanol–water partition coefficient (Wildman–Crippen LogP) is -0.783. The Balaban J connectivity index is 1.90. The zero-order chi connectivity index (χ0) is 13.1. The van der Waals surface area contributed by atoms with E-state index >= 15 is 0 Å². The van der Waals surface area contributed by atoms with Crippen LogP contribution in [0, 0.1) is 0 Å². The second-order valence-corrected chi connectivity index (χ2v) is 4.96. The van der Waals surface area contributed by atoms with Crippen molar-refractivity contribution in [2.24, 2.45) is 0 Å². The van der Waals surface area contributed by atoms with Gasteiger partial charge in [-0.3, -0.25) is 19.4 Å². The summed E-state index contributed by atoms with van der Waals surface area (Å²) in [7, 11) is 0. The summed E-state index contributed by atoms with van der Waals surface area (Å²) in [5.74, 6) is -0.206. The molecule has 6 heteroatoms. The summed E-state index contributed by atoms with van der Waals surface area (Å²) in [5, 5.41) is 9.08. The predicted molar refractivity (Wildman–Crippen MR) is 63.8 cm³/mol. The molecule has 0 aromatic carbocycles. The molecule has 0 bridgehead atoms. The maximum absolute atomic E-state index is 12.0. The number of ether oxygens (including phenoxy) is 1. The fourth-order valence-electron chi connectivity index (χ4n) is 2.38. The molecule has 2 saturated heterocycles. The standard InChI is InChI=1S/C12H20N2O4/c1-9-8-18-10(7-15)5-13(9)6-12(17)14-4-2-3-11(14)16/h9-10,15H,2-8H2,1H3. The fraction of sp³-hybridized carbons (Fsp3) is 0.833. The number of hydrogen-bond acceptors (Lipinski definition) is 5. The Kier molecular flexibility index (Phi) is 4.31. The summed E-state index contributed by atoms with van der Waals surface area (Å²) >= 11 is 0. The number of morpholine rings is 1. The van der Waals surface area contributed by atoms with E-state index in [-0.39, 0.29) is 37.1 Å². The van der Waals surface area contributed by atoms with Crippen molar-refractivity contribution in [2.45, 2.75) is 31.9 Å². The van der Waals surface area contributed by atoms with Gasteiger partial charge in [0.25, 0.3) is 0 Å². The van der Waals surface area contributed by atoms with Crippen molar-refractivity contribution in [3.05, 3.63) is 0 Å². The first-order valence-electron chi connectivity index (χ1n) is 6.41. The molecule has 2 atom stereocenters. The van der Waals surface area contributed by atoms with Crippen molar-refractivity contribution in [2.75, 3.05) is 32.8 Å². The van der Waals surface area contributed by atoms with Gasteiger partial charge in [-0.2, -0.15) is 0 Å². The lowest BCUT2D eigenvalue weighted by Crippen LogP contribution is -2.53. The van der Waals surface area contributed by atoms with Gasteiger partial charge >= 0.3 is 0 Å². The minimum absolute atomic E-state index is 0.0416. The van der Waals surface area contributed by atoms with E-state index in [1.165, 1.54) is 4.90 Å². The minimum atomic E-state index is -0.233. The van der Waals surface area contributed by atoms with Gasteiger partial charge in [0.1, 0.15) is 0 Å². The van der Waals surface area contributed by atoms with Gasteiger partial charge in [-0.1, -0.05) is 0 Å². The van der Waals surface area contributed by atoms with Crippen LogP contribution in [0.1, 0.15) is 19.8 Å². The minimum Gasteiger partial charge on any atom is -0.394 e. The molecule has 0 saturated carbocycles. The molecule has 2 aliphatic rings. The number of amides is 2. The number of imide groups is 1. The third-order valence-corrected chi connectivity index (χ3v) is 3.55. The number of carbonyl (C=O) groups is 2. The third kappa shape index (κ3) is 2.88. The van der Waals surface area contributed by atoms with Gasteiger partial charge in [-0.25, -0.2) is 0 Å². The van der Waals surface area contributed by atoms with Gasteiger partial charge in [0.2, 0.25) is 11.8 Å². The number of likely N-dealkylation sites (tertiary alicyclic amines) is 1. The Morgan fingerprint density at radius 3 is 2.94 bits per heavy atom. The molecular formula is C12H20N2O4. The summed E-state index contributed by atoms with van der Waals surface area (Å²) in [6.45, 7) is 3.75. The molecule has 2 amide bonds. The summed E-state index contributed by atoms with van der Waals surface area (Å²) in [6, 6.07) is 0.134. The number of aliphatic hydroxyl groups is 1. The van der Waals surface area contributed by atoms with Crippen molar-refractivity contribution in [3.8, 4) is 0 Å². The average Bonchev–Trinajstić information content (AvgIpc) is 2.78. The lowest BCUT2D eigenvalue weighted by atomic mass is 10.2. The molecule has 2 aliphatic heterocycles. The zero-order valence-corrected chi connectivity index (χ0v) is 10.7. The molecule has 2 unspecified atom stereocenters. The molecule has 2 rings (SSSR count). The molecule has 6 nitrogen and oxygen atoms in total. The Bertz CT molecular complexity index is 334. The maximum Gasteiger partial charge on any atom is 0.243 e. The van der Waals surface area contributed by atoms with Gasteiger partial charge in [0.05, 0.1) is 25.9 Å². The van der Waals surface area contributed by atoms with Gasteiger partial charge in [0.15, 0.2) is 0 Å². The monoisotopic (exact) mass is 256 g/mol. The number of carbonyl (C=O) groups excluding carboxylic acids is 2. The number of aliphatic hydroxyl groups excluding tert-OH is 1. The molecule has 2 fully saturated rings. The van der Waals surface area contributed by atoms with E-state index in [2.05, 4.69) is 0 Å². The van der Waals surface area contributed by atoms with Gasteiger partial charge in [0, 0.05) is 25.6 Å². The second kappa shape index (κ2) is 5.77. The first-order chi connectivity index (χ1) is 8.61. The van der Waals surface area contributed by atoms with E-state index in [9.17, 15) is 9.59 Å². The van der Waals surface area contributed by atoms with Crippen molar-refractivity contribution in [3.63, 3.8) is 0 Å². The third-order valence-electron chi connectivity index (χ3n) is 3.55. The summed E-state index contributed by atoms with van der Waals surface area (Å²) in [4.78, 5) is 26.8. The average molecular weight is 256 g/mol. The van der Waals surface area contributed by atoms with Crippen molar-refractivity contribution in [1.82, 2.24) is 9.80 Å². The molecular weight excluding hydrogens is 236 g/mol. The van der Waals surface area contributed by atoms with E-state index in [1.807, 2.05) is 11.8 Å². The molecule has 1 N–H and O–H groups in total. The smallest absolute Gasteiger partial charge is 0.243 e. The van der Waals surface area contributed by atoms with Gasteiger partial charge in [-0.15, -0.1) is 0 Å². The Morgan fingerprint density at radius 1 is 1.56 bits per heavy atom. The second-order valence-electron chi connectivity index (χ2n) is 4.96. The Morgan fingerprint density at radius 2 is 2.33 bits per heavy atom. The summed E-state index contributed by atoms with van der Waals surface area (Å²) in [6.07, 6.45) is 1.01. The molecule has 0 aromatic rings. The Hall–Kier alpha value is -0.980. The molecule has 0 spiro atoms. The van der Waals surface area contributed by atoms with E-state index < -0.39 is 0 Å². The molecule has 18 heavy (non-hydrogen) atoms. The Labute approximate surface area is 106 Å². The lowest BCUT2D eigenvalue weighted by Gasteiger charge is -2.37. The molecule has 102 valence electrons. The van der Waals surface area contributed by atoms with Crippen molar-refractivity contribution < 1.29 is 19.4 Å². The lowest BCUT2D eigenvalue weighted by molar-refractivity contribution is -0.145. The van der Waals surface area contributed by atoms with E-state index in [1.54, 1.807) is 0 Å². The van der Waals surface area contributed by atoms with Crippen LogP contribution < -0.4 is 0 Å². The quantitative estimate of drug-likeness (QED) is 0.717. The highest BCUT2D eigenvalue weighted by molar-refractivity contribution is 5.97. The number of hydrogen-bond donors (Lipinski definition) is 1. The first-order valence-corrected chi connectivity index (χ1v) is 6.41. The van der Waals surface area contributed by atoms with Crippen LogP contribution in [0.3, 0.4) is 0 Å². The SMILES string of the molecule is CC1COC(CO)CN1CC(=O)N1CCCC1=O. The van der Waals surface area contributed by atoms with Crippen LogP contribution in [0.25, 0.3) is 0 Å². The zero-order valence-electron chi connectivity index (χ0n) is 10.7. The summed E-state index contributed by atoms with van der Waals surface area (Å²) in [5.41, 5.74) is 0. The van der Waals surface area contributed by atoms with E-state index in [0.29, 0.717) is 26.1 Å². The molecule has 0 aromatic heterocycles. The first kappa shape index (κ1) is 13.5. The van der Waals surface area contributed by atoms with Crippen LogP contribution in [0.4, 0.5) is 0 Å². The van der Waals surface area contributed by atoms with E-state index in [0.717, 1.165) is 6.42 Å². The van der Waals surface area contributed by atoms with Crippen LogP contribution in [0.5, 0.6) is 0 Å². The highest BCUT2D eigenvalue weighted by Gasteiger charge is 2.31. The fourth-order valence-corrected chi connectivity index (χ4v) is 2.38. The van der Waals surface area contributed by atoms with Gasteiger partial charge < -0.3 is 9.84 Å². The normalized spacial score (nSPS) is 29.9. The number of rotatable bonds is 3. The molecule has 0 aliphatic carbocycles. The van der Waals surface area contributed by atoms with Crippen LogP contribution >= 0.6 is 0 Å². The van der Waals surface area contributed by atoms with Crippen LogP contribution in [0.2, 0.25) is 0 Å². The van der Waals surface area contributed by atoms with Gasteiger partial charge in [-0.05, 0) is 13.3 Å². The topological polar surface area (TPSA) is 70.1 Å². The molecule has 2 heterocycles. The van der Waals surface area contributed by atoms with Crippen LogP contribution in [-0.4, -0.2) is 71.7 Å². The highest BCUT2D eigenvalue weighted by atomic mass is 16.5.